The molecule has 6 heteroatoms. The summed E-state index contributed by atoms with van der Waals surface area (Å²) >= 11 is 7.52. The van der Waals surface area contributed by atoms with Crippen LogP contribution in [0.15, 0.2) is 29.3 Å². The van der Waals surface area contributed by atoms with E-state index in [0.29, 0.717) is 13.0 Å². The molecular formula is C12H14ClN3OS. The van der Waals surface area contributed by atoms with Crippen molar-refractivity contribution in [2.45, 2.75) is 12.2 Å². The molecule has 1 aromatic carbocycles. The highest BCUT2D eigenvalue weighted by Gasteiger charge is 2.21. The number of hydrogen-bond donors (Lipinski definition) is 1. The van der Waals surface area contributed by atoms with E-state index in [1.165, 1.54) is 0 Å². The molecule has 0 radical (unpaired) electrons. The highest BCUT2D eigenvalue weighted by Crippen LogP contribution is 2.19. The van der Waals surface area contributed by atoms with Crippen molar-refractivity contribution in [2.24, 2.45) is 4.99 Å². The summed E-state index contributed by atoms with van der Waals surface area (Å²) in [4.78, 5) is 15.4. The zero-order valence-corrected chi connectivity index (χ0v) is 11.6. The lowest BCUT2D eigenvalue weighted by Crippen LogP contribution is -2.37. The predicted molar refractivity (Wildman–Crippen MR) is 75.6 cm³/mol. The fourth-order valence-corrected chi connectivity index (χ4v) is 2.77. The number of amides is 1. The van der Waals surface area contributed by atoms with E-state index in [1.807, 2.05) is 24.3 Å². The van der Waals surface area contributed by atoms with Gasteiger partial charge in [0.2, 0.25) is 5.91 Å². The van der Waals surface area contributed by atoms with Crippen molar-refractivity contribution in [3.05, 3.63) is 34.9 Å². The Morgan fingerprint density at radius 2 is 2.44 bits per heavy atom. The van der Waals surface area contributed by atoms with Crippen molar-refractivity contribution >= 4 is 34.4 Å². The molecule has 96 valence electrons. The lowest BCUT2D eigenvalue weighted by atomic mass is 10.2. The number of amidine groups is 1. The monoisotopic (exact) mass is 283 g/mol. The van der Waals surface area contributed by atoms with Crippen LogP contribution in [-0.2, 0) is 10.5 Å². The first-order valence-corrected chi connectivity index (χ1v) is 6.96. The second kappa shape index (κ2) is 6.11. The summed E-state index contributed by atoms with van der Waals surface area (Å²) in [7, 11) is 1.73. The van der Waals surface area contributed by atoms with E-state index < -0.39 is 0 Å². The Hall–Kier alpha value is -1.20. The Morgan fingerprint density at radius 1 is 1.61 bits per heavy atom. The topological polar surface area (TPSA) is 44.7 Å². The average molecular weight is 284 g/mol. The Bertz CT molecular complexity index is 478. The summed E-state index contributed by atoms with van der Waals surface area (Å²) < 4.78 is 0. The first-order valence-electron chi connectivity index (χ1n) is 5.60. The number of aliphatic imine (C=N–C) groups is 1. The fourth-order valence-electron chi connectivity index (χ4n) is 1.66. The number of rotatable bonds is 2. The first kappa shape index (κ1) is 13.2. The summed E-state index contributed by atoms with van der Waals surface area (Å²) in [5.74, 6) is 0.819. The number of nitrogens with one attached hydrogen (secondary N) is 1. The van der Waals surface area contributed by atoms with E-state index in [2.05, 4.69) is 10.4 Å². The number of carbonyl (C=O) groups excluding carboxylic acids is 1. The van der Waals surface area contributed by atoms with Crippen LogP contribution < -0.4 is 5.43 Å². The Morgan fingerprint density at radius 3 is 3.06 bits per heavy atom. The molecule has 2 rings (SSSR count). The number of hydrogen-bond acceptors (Lipinski definition) is 3. The van der Waals surface area contributed by atoms with Gasteiger partial charge in [0.05, 0.1) is 6.54 Å². The summed E-state index contributed by atoms with van der Waals surface area (Å²) in [6, 6.07) is 7.74. The highest BCUT2D eigenvalue weighted by atomic mass is 35.5. The summed E-state index contributed by atoms with van der Waals surface area (Å²) in [5, 5.41) is 3.34. The fraction of sp³-hybridized carbons (Fsp3) is 0.333. The van der Waals surface area contributed by atoms with Crippen molar-refractivity contribution in [3.63, 3.8) is 0 Å². The van der Waals surface area contributed by atoms with E-state index in [0.717, 1.165) is 21.5 Å². The molecule has 0 aromatic heterocycles. The zero-order valence-electron chi connectivity index (χ0n) is 10.0. The van der Waals surface area contributed by atoms with Crippen LogP contribution in [0.4, 0.5) is 0 Å². The second-order valence-corrected chi connectivity index (χ2v) is 5.24. The van der Waals surface area contributed by atoms with Crippen LogP contribution in [0.2, 0.25) is 5.02 Å². The van der Waals surface area contributed by atoms with Crippen LogP contribution >= 0.6 is 23.4 Å². The van der Waals surface area contributed by atoms with Gasteiger partial charge < -0.3 is 0 Å². The van der Waals surface area contributed by atoms with Crippen LogP contribution in [0, 0.1) is 0 Å². The minimum Gasteiger partial charge on any atom is -0.273 e. The van der Waals surface area contributed by atoms with Crippen LogP contribution in [0.5, 0.6) is 0 Å². The van der Waals surface area contributed by atoms with Gasteiger partial charge in [0.25, 0.3) is 0 Å². The highest BCUT2D eigenvalue weighted by molar-refractivity contribution is 8.13. The summed E-state index contributed by atoms with van der Waals surface area (Å²) in [6.07, 6.45) is 0.525. The Labute approximate surface area is 115 Å². The average Bonchev–Trinajstić information content (AvgIpc) is 2.77. The van der Waals surface area contributed by atoms with Crippen LogP contribution in [-0.4, -0.2) is 29.7 Å². The van der Waals surface area contributed by atoms with Gasteiger partial charge >= 0.3 is 0 Å². The quantitative estimate of drug-likeness (QED) is 0.669. The van der Waals surface area contributed by atoms with E-state index in [4.69, 9.17) is 11.6 Å². The largest absolute Gasteiger partial charge is 0.273 e. The van der Waals surface area contributed by atoms with Gasteiger partial charge in [-0.15, -0.1) is 0 Å². The van der Waals surface area contributed by atoms with Crippen molar-refractivity contribution in [2.75, 3.05) is 13.6 Å². The van der Waals surface area contributed by atoms with Gasteiger partial charge in [-0.25, -0.2) is 0 Å². The zero-order chi connectivity index (χ0) is 13.0. The third-order valence-corrected chi connectivity index (χ3v) is 3.88. The third kappa shape index (κ3) is 3.40. The molecule has 1 saturated heterocycles. The molecule has 1 aliphatic heterocycles. The maximum Gasteiger partial charge on any atom is 0.240 e. The van der Waals surface area contributed by atoms with Crippen molar-refractivity contribution < 1.29 is 4.79 Å². The number of hydrazine groups is 1. The van der Waals surface area contributed by atoms with Crippen molar-refractivity contribution in [3.8, 4) is 0 Å². The molecule has 0 saturated carbocycles. The van der Waals surface area contributed by atoms with Crippen LogP contribution in [0.25, 0.3) is 0 Å². The van der Waals surface area contributed by atoms with Gasteiger partial charge in [0.1, 0.15) is 0 Å². The van der Waals surface area contributed by atoms with Gasteiger partial charge in [-0.3, -0.25) is 20.2 Å². The van der Waals surface area contributed by atoms with Crippen LogP contribution in [0.1, 0.15) is 12.0 Å². The molecule has 1 aliphatic rings. The Kier molecular flexibility index (Phi) is 4.49. The molecule has 18 heavy (non-hydrogen) atoms. The minimum absolute atomic E-state index is 0.0412. The maximum absolute atomic E-state index is 11.2. The Balaban J connectivity index is 1.94. The molecule has 1 N–H and O–H groups in total. The van der Waals surface area contributed by atoms with Gasteiger partial charge in [0, 0.05) is 24.2 Å². The molecule has 1 amide bonds. The van der Waals surface area contributed by atoms with Crippen molar-refractivity contribution in [1.82, 2.24) is 10.4 Å². The molecule has 0 spiro atoms. The maximum atomic E-state index is 11.2. The molecule has 0 unspecified atom stereocenters. The van der Waals surface area contributed by atoms with Crippen LogP contribution in [0.3, 0.4) is 0 Å². The van der Waals surface area contributed by atoms with E-state index in [1.54, 1.807) is 23.8 Å². The number of benzene rings is 1. The number of carbonyl (C=O) groups is 1. The lowest BCUT2D eigenvalue weighted by molar-refractivity contribution is -0.120. The second-order valence-electron chi connectivity index (χ2n) is 3.86. The van der Waals surface area contributed by atoms with Gasteiger partial charge in [-0.05, 0) is 17.7 Å². The van der Waals surface area contributed by atoms with Gasteiger partial charge in [-0.1, -0.05) is 35.5 Å². The SMILES string of the molecule is CN=C(SCc1cccc(Cl)c1)N1CCC(=O)N1. The first-order chi connectivity index (χ1) is 8.69. The van der Waals surface area contributed by atoms with Gasteiger partial charge in [0.15, 0.2) is 5.17 Å². The van der Waals surface area contributed by atoms with E-state index >= 15 is 0 Å². The summed E-state index contributed by atoms with van der Waals surface area (Å²) in [5.41, 5.74) is 3.91. The number of thioether (sulfide) groups is 1. The molecule has 0 atom stereocenters. The third-order valence-electron chi connectivity index (χ3n) is 2.50. The molecular weight excluding hydrogens is 270 g/mol. The molecule has 1 fully saturated rings. The minimum atomic E-state index is 0.0412. The normalized spacial score (nSPS) is 16.0. The molecule has 1 heterocycles. The van der Waals surface area contributed by atoms with Gasteiger partial charge in [-0.2, -0.15) is 0 Å². The van der Waals surface area contributed by atoms with Crippen molar-refractivity contribution in [1.29, 1.82) is 0 Å². The summed E-state index contributed by atoms with van der Waals surface area (Å²) in [6.45, 7) is 0.675. The molecule has 0 bridgehead atoms. The smallest absolute Gasteiger partial charge is 0.240 e. The molecule has 0 aliphatic carbocycles. The standard InChI is InChI=1S/C12H14ClN3OS/c1-14-12(16-6-5-11(17)15-16)18-8-9-3-2-4-10(13)7-9/h2-4,7H,5-6,8H2,1H3,(H,15,17). The number of halogens is 1. The lowest BCUT2D eigenvalue weighted by Gasteiger charge is -2.18. The predicted octanol–water partition coefficient (Wildman–Crippen LogP) is 2.30. The molecule has 4 nitrogen and oxygen atoms in total. The van der Waals surface area contributed by atoms with E-state index in [9.17, 15) is 4.79 Å². The number of nitrogens with zero attached hydrogens (tertiary/aromatic N) is 2. The molecule has 1 aromatic rings. The van der Waals surface area contributed by atoms with E-state index in [-0.39, 0.29) is 5.91 Å².